The van der Waals surface area contributed by atoms with E-state index in [1.165, 1.54) is 22.4 Å². The maximum Gasteiger partial charge on any atom is 0.355 e. The number of amides is 2. The van der Waals surface area contributed by atoms with E-state index >= 15 is 0 Å². The van der Waals surface area contributed by atoms with Crippen molar-refractivity contribution in [2.24, 2.45) is 5.92 Å². The molecule has 1 atom stereocenters. The summed E-state index contributed by atoms with van der Waals surface area (Å²) in [5.74, 6) is -2.88. The monoisotopic (exact) mass is 377 g/mol. The largest absolute Gasteiger partial charge is 0.476 e. The average Bonchev–Trinajstić information content (AvgIpc) is 3.20. The highest BCUT2D eigenvalue weighted by atomic mass is 32.1. The highest BCUT2D eigenvalue weighted by Crippen LogP contribution is 2.28. The fourth-order valence-corrected chi connectivity index (χ4v) is 3.45. The molecule has 26 heavy (non-hydrogen) atoms. The number of anilines is 1. The quantitative estimate of drug-likeness (QED) is 0.830. The van der Waals surface area contributed by atoms with E-state index in [-0.39, 0.29) is 42.7 Å². The molecule has 3 rings (SSSR count). The predicted molar refractivity (Wildman–Crippen MR) is 92.5 cm³/mol. The summed E-state index contributed by atoms with van der Waals surface area (Å²) in [6, 6.07) is 4.59. The molecule has 2 heterocycles. The Labute approximate surface area is 152 Å². The number of carbonyl (C=O) groups excluding carboxylic acids is 2. The normalized spacial score (nSPS) is 16.8. The molecule has 2 aromatic rings. The molecule has 0 radical (unpaired) electrons. The topological polar surface area (TPSA) is 99.6 Å². The van der Waals surface area contributed by atoms with Gasteiger partial charge >= 0.3 is 5.97 Å². The third-order valence-electron chi connectivity index (χ3n) is 4.07. The van der Waals surface area contributed by atoms with Crippen molar-refractivity contribution in [3.8, 4) is 0 Å². The van der Waals surface area contributed by atoms with Crippen molar-refractivity contribution in [1.82, 2.24) is 10.3 Å². The van der Waals surface area contributed by atoms with Crippen LogP contribution < -0.4 is 10.2 Å². The molecule has 1 aliphatic heterocycles. The maximum absolute atomic E-state index is 14.1. The molecule has 0 unspecified atom stereocenters. The lowest BCUT2D eigenvalue weighted by Gasteiger charge is -2.17. The first-order valence-electron chi connectivity index (χ1n) is 7.87. The Morgan fingerprint density at radius 3 is 2.88 bits per heavy atom. The summed E-state index contributed by atoms with van der Waals surface area (Å²) in [7, 11) is 0. The molecular weight excluding hydrogens is 361 g/mol. The van der Waals surface area contributed by atoms with Crippen molar-refractivity contribution >= 4 is 34.8 Å². The number of hydrogen-bond acceptors (Lipinski definition) is 5. The summed E-state index contributed by atoms with van der Waals surface area (Å²) < 4.78 is 14.1. The Balaban J connectivity index is 1.62. The fourth-order valence-electron chi connectivity index (χ4n) is 2.74. The molecule has 0 spiro atoms. The second-order valence-corrected chi connectivity index (χ2v) is 6.95. The first kappa shape index (κ1) is 18.0. The van der Waals surface area contributed by atoms with E-state index in [1.807, 2.05) is 0 Å². The van der Waals surface area contributed by atoms with Gasteiger partial charge in [0, 0.05) is 18.3 Å². The molecule has 1 aromatic carbocycles. The van der Waals surface area contributed by atoms with Crippen LogP contribution in [0.3, 0.4) is 0 Å². The number of nitrogens with zero attached hydrogens (tertiary/aromatic N) is 2. The maximum atomic E-state index is 14.1. The number of carbonyl (C=O) groups is 3. The van der Waals surface area contributed by atoms with Gasteiger partial charge in [-0.1, -0.05) is 6.07 Å². The summed E-state index contributed by atoms with van der Waals surface area (Å²) in [4.78, 5) is 40.4. The van der Waals surface area contributed by atoms with Gasteiger partial charge in [-0.15, -0.1) is 11.3 Å². The second-order valence-electron chi connectivity index (χ2n) is 6.01. The zero-order valence-corrected chi connectivity index (χ0v) is 14.7. The van der Waals surface area contributed by atoms with Crippen LogP contribution >= 0.6 is 11.3 Å². The van der Waals surface area contributed by atoms with Crippen LogP contribution in [-0.2, 0) is 16.1 Å². The van der Waals surface area contributed by atoms with E-state index in [0.29, 0.717) is 5.01 Å². The molecule has 0 saturated carbocycles. The molecule has 0 bridgehead atoms. The van der Waals surface area contributed by atoms with Gasteiger partial charge < -0.3 is 15.3 Å². The first-order chi connectivity index (χ1) is 12.3. The zero-order valence-electron chi connectivity index (χ0n) is 13.9. The van der Waals surface area contributed by atoms with Gasteiger partial charge in [0.2, 0.25) is 11.8 Å². The standard InChI is InChI=1S/C17H16FN3O4S/c1-9-2-3-13(11(18)4-9)21-7-10(5-15(21)22)16(23)19-6-14-20-12(8-26-14)17(24)25/h2-4,8,10H,5-7H2,1H3,(H,19,23)(H,24,25)/t10-/m0/s1. The fraction of sp³-hybridized carbons (Fsp3) is 0.294. The number of benzene rings is 1. The number of hydrogen-bond donors (Lipinski definition) is 2. The van der Waals surface area contributed by atoms with Crippen LogP contribution in [0, 0.1) is 18.7 Å². The van der Waals surface area contributed by atoms with E-state index in [4.69, 9.17) is 5.11 Å². The minimum atomic E-state index is -1.13. The summed E-state index contributed by atoms with van der Waals surface area (Å²) in [5.41, 5.74) is 0.842. The second kappa shape index (κ2) is 7.20. The number of carboxylic acid groups (broad SMARTS) is 1. The van der Waals surface area contributed by atoms with Crippen molar-refractivity contribution in [3.63, 3.8) is 0 Å². The molecule has 1 fully saturated rings. The molecule has 136 valence electrons. The van der Waals surface area contributed by atoms with E-state index in [1.54, 1.807) is 13.0 Å². The number of aromatic nitrogens is 1. The molecular formula is C17H16FN3O4S. The Kier molecular flexibility index (Phi) is 4.99. The van der Waals surface area contributed by atoms with Crippen molar-refractivity contribution in [2.75, 3.05) is 11.4 Å². The zero-order chi connectivity index (χ0) is 18.8. The summed E-state index contributed by atoms with van der Waals surface area (Å²) >= 11 is 1.13. The van der Waals surface area contributed by atoms with Crippen molar-refractivity contribution in [2.45, 2.75) is 19.9 Å². The lowest BCUT2D eigenvalue weighted by atomic mass is 10.1. The van der Waals surface area contributed by atoms with Crippen molar-refractivity contribution in [1.29, 1.82) is 0 Å². The third-order valence-corrected chi connectivity index (χ3v) is 4.92. The molecule has 2 amide bonds. The van der Waals surface area contributed by atoms with Crippen molar-refractivity contribution < 1.29 is 23.9 Å². The number of rotatable bonds is 5. The van der Waals surface area contributed by atoms with Gasteiger partial charge in [-0.2, -0.15) is 0 Å². The van der Waals surface area contributed by atoms with Gasteiger partial charge in [0.1, 0.15) is 10.8 Å². The van der Waals surface area contributed by atoms with Crippen molar-refractivity contribution in [3.05, 3.63) is 45.7 Å². The van der Waals surface area contributed by atoms with E-state index in [0.717, 1.165) is 16.9 Å². The number of aromatic carboxylic acids is 1. The number of nitrogens with one attached hydrogen (secondary N) is 1. The van der Waals surface area contributed by atoms with Crippen LogP contribution in [0.15, 0.2) is 23.6 Å². The highest BCUT2D eigenvalue weighted by Gasteiger charge is 2.36. The molecule has 2 N–H and O–H groups in total. The van der Waals surface area contributed by atoms with E-state index < -0.39 is 17.7 Å². The Bertz CT molecular complexity index is 883. The van der Waals surface area contributed by atoms with E-state index in [9.17, 15) is 18.8 Å². The molecule has 7 nitrogen and oxygen atoms in total. The van der Waals surface area contributed by atoms with Gasteiger partial charge in [-0.3, -0.25) is 9.59 Å². The molecule has 1 aromatic heterocycles. The van der Waals surface area contributed by atoms with Gasteiger partial charge in [-0.05, 0) is 24.6 Å². The Hall–Kier alpha value is -2.81. The lowest BCUT2D eigenvalue weighted by Crippen LogP contribution is -2.32. The summed E-state index contributed by atoms with van der Waals surface area (Å²) in [6.45, 7) is 1.94. The Morgan fingerprint density at radius 1 is 1.46 bits per heavy atom. The van der Waals surface area contributed by atoms with Gasteiger partial charge in [0.05, 0.1) is 18.2 Å². The van der Waals surface area contributed by atoms with Gasteiger partial charge in [0.15, 0.2) is 5.69 Å². The molecule has 9 heteroatoms. The van der Waals surface area contributed by atoms with Gasteiger partial charge in [-0.25, -0.2) is 14.2 Å². The minimum absolute atomic E-state index is 0.00258. The van der Waals surface area contributed by atoms with Crippen LogP contribution in [0.25, 0.3) is 0 Å². The SMILES string of the molecule is Cc1ccc(N2C[C@@H](C(=O)NCc3nc(C(=O)O)cs3)CC2=O)c(F)c1. The smallest absolute Gasteiger partial charge is 0.355 e. The minimum Gasteiger partial charge on any atom is -0.476 e. The van der Waals surface area contributed by atoms with Crippen LogP contribution in [0.1, 0.15) is 27.5 Å². The Morgan fingerprint density at radius 2 is 2.23 bits per heavy atom. The van der Waals surface area contributed by atoms with Crippen LogP contribution in [0.4, 0.5) is 10.1 Å². The molecule has 1 saturated heterocycles. The summed E-state index contributed by atoms with van der Waals surface area (Å²) in [5, 5.41) is 13.3. The average molecular weight is 377 g/mol. The predicted octanol–water partition coefficient (Wildman–Crippen LogP) is 1.96. The number of halogens is 1. The molecule has 1 aliphatic rings. The number of thiazole rings is 1. The summed E-state index contributed by atoms with van der Waals surface area (Å²) in [6.07, 6.45) is -0.00258. The lowest BCUT2D eigenvalue weighted by molar-refractivity contribution is -0.126. The van der Waals surface area contributed by atoms with Crippen LogP contribution in [0.5, 0.6) is 0 Å². The van der Waals surface area contributed by atoms with E-state index in [2.05, 4.69) is 10.3 Å². The number of aryl methyl sites for hydroxylation is 1. The number of carboxylic acids is 1. The van der Waals surface area contributed by atoms with Crippen LogP contribution in [-0.4, -0.2) is 34.4 Å². The van der Waals surface area contributed by atoms with Crippen LogP contribution in [0.2, 0.25) is 0 Å². The van der Waals surface area contributed by atoms with Gasteiger partial charge in [0.25, 0.3) is 0 Å². The first-order valence-corrected chi connectivity index (χ1v) is 8.75. The third kappa shape index (κ3) is 3.72. The highest BCUT2D eigenvalue weighted by molar-refractivity contribution is 7.09. The molecule has 0 aliphatic carbocycles.